The number of aromatic nitrogens is 2. The molecule has 4 rings (SSSR count). The number of aryl methyl sites for hydroxylation is 1. The average Bonchev–Trinajstić information content (AvgIpc) is 3.19. The highest BCUT2D eigenvalue weighted by atomic mass is 32.1. The van der Waals surface area contributed by atoms with Gasteiger partial charge >= 0.3 is 0 Å². The lowest BCUT2D eigenvalue weighted by molar-refractivity contribution is 0.842. The topological polar surface area (TPSA) is 29.9 Å². The molecule has 21 heavy (non-hydrogen) atoms. The Kier molecular flexibility index (Phi) is 3.04. The zero-order valence-corrected chi connectivity index (χ0v) is 12.8. The molecule has 1 aromatic carbocycles. The van der Waals surface area contributed by atoms with Crippen molar-refractivity contribution < 1.29 is 0 Å². The van der Waals surface area contributed by atoms with Gasteiger partial charge in [-0.3, -0.25) is 0 Å². The summed E-state index contributed by atoms with van der Waals surface area (Å²) < 4.78 is 2.06. The van der Waals surface area contributed by atoms with Gasteiger partial charge in [0.1, 0.15) is 5.82 Å². The molecule has 3 nitrogen and oxygen atoms in total. The molecule has 0 spiro atoms. The highest BCUT2D eigenvalue weighted by Gasteiger charge is 2.23. The number of fused-ring (bicyclic) bond motifs is 1. The van der Waals surface area contributed by atoms with Crippen LogP contribution in [0.3, 0.4) is 0 Å². The molecule has 106 valence electrons. The molecule has 3 heterocycles. The van der Waals surface area contributed by atoms with Gasteiger partial charge in [-0.15, -0.1) is 11.3 Å². The van der Waals surface area contributed by atoms with Gasteiger partial charge in [-0.05, 0) is 36.9 Å². The molecule has 0 saturated carbocycles. The Balaban J connectivity index is 1.76. The third-order valence-corrected chi connectivity index (χ3v) is 4.81. The maximum Gasteiger partial charge on any atom is 0.133 e. The summed E-state index contributed by atoms with van der Waals surface area (Å²) in [5.41, 5.74) is 4.99. The summed E-state index contributed by atoms with van der Waals surface area (Å²) in [5.74, 6) is 1.17. The van der Waals surface area contributed by atoms with Crippen molar-refractivity contribution in [2.45, 2.75) is 19.8 Å². The van der Waals surface area contributed by atoms with Gasteiger partial charge in [0.2, 0.25) is 0 Å². The van der Waals surface area contributed by atoms with Gasteiger partial charge in [0.25, 0.3) is 0 Å². The lowest BCUT2D eigenvalue weighted by atomic mass is 10.1. The van der Waals surface area contributed by atoms with Crippen LogP contribution in [-0.2, 0) is 12.8 Å². The molecule has 1 aliphatic rings. The summed E-state index contributed by atoms with van der Waals surface area (Å²) in [5, 5.41) is 10.5. The summed E-state index contributed by atoms with van der Waals surface area (Å²) in [7, 11) is 0. The molecule has 0 fully saturated rings. The molecule has 3 aromatic rings. The monoisotopic (exact) mass is 295 g/mol. The SMILES string of the molecule is Cc1ccc(-n2nc(Cc3cccs3)c3c2NCC3)cc1. The van der Waals surface area contributed by atoms with E-state index in [2.05, 4.69) is 58.7 Å². The Morgan fingerprint density at radius 3 is 2.86 bits per heavy atom. The molecular weight excluding hydrogens is 278 g/mol. The van der Waals surface area contributed by atoms with Crippen molar-refractivity contribution >= 4 is 17.2 Å². The van der Waals surface area contributed by atoms with Crippen LogP contribution >= 0.6 is 11.3 Å². The van der Waals surface area contributed by atoms with Crippen molar-refractivity contribution in [3.63, 3.8) is 0 Å². The minimum Gasteiger partial charge on any atom is -0.369 e. The molecule has 0 saturated heterocycles. The highest BCUT2D eigenvalue weighted by Crippen LogP contribution is 2.30. The first-order chi connectivity index (χ1) is 10.3. The van der Waals surface area contributed by atoms with Gasteiger partial charge in [0.05, 0.1) is 11.4 Å². The summed E-state index contributed by atoms with van der Waals surface area (Å²) in [6, 6.07) is 12.8. The van der Waals surface area contributed by atoms with Crippen LogP contribution in [0.15, 0.2) is 41.8 Å². The van der Waals surface area contributed by atoms with Crippen molar-refractivity contribution in [3.05, 3.63) is 63.5 Å². The lowest BCUT2D eigenvalue weighted by Gasteiger charge is -2.06. The largest absolute Gasteiger partial charge is 0.369 e. The van der Waals surface area contributed by atoms with E-state index >= 15 is 0 Å². The molecular formula is C17H17N3S. The van der Waals surface area contributed by atoms with Crippen LogP contribution in [-0.4, -0.2) is 16.3 Å². The van der Waals surface area contributed by atoms with Crippen LogP contribution in [0.2, 0.25) is 0 Å². The molecule has 2 aromatic heterocycles. The number of rotatable bonds is 3. The Morgan fingerprint density at radius 1 is 1.24 bits per heavy atom. The number of thiophene rings is 1. The van der Waals surface area contributed by atoms with Crippen LogP contribution in [0.4, 0.5) is 5.82 Å². The van der Waals surface area contributed by atoms with E-state index < -0.39 is 0 Å². The Hall–Kier alpha value is -2.07. The zero-order chi connectivity index (χ0) is 14.2. The summed E-state index contributed by atoms with van der Waals surface area (Å²) in [4.78, 5) is 1.37. The maximum atomic E-state index is 4.87. The third-order valence-electron chi connectivity index (χ3n) is 3.93. The summed E-state index contributed by atoms with van der Waals surface area (Å²) >= 11 is 1.80. The van der Waals surface area contributed by atoms with Crippen molar-refractivity contribution in [2.24, 2.45) is 0 Å². The first kappa shape index (κ1) is 12.7. The summed E-state index contributed by atoms with van der Waals surface area (Å²) in [6.45, 7) is 3.12. The van der Waals surface area contributed by atoms with Gasteiger partial charge in [-0.1, -0.05) is 23.8 Å². The summed E-state index contributed by atoms with van der Waals surface area (Å²) in [6.07, 6.45) is 2.00. The zero-order valence-electron chi connectivity index (χ0n) is 12.0. The number of benzene rings is 1. The van der Waals surface area contributed by atoms with E-state index in [0.29, 0.717) is 0 Å². The molecule has 0 atom stereocenters. The molecule has 0 amide bonds. The molecule has 0 radical (unpaired) electrons. The van der Waals surface area contributed by atoms with Gasteiger partial charge in [-0.25, -0.2) is 4.68 Å². The smallest absolute Gasteiger partial charge is 0.133 e. The number of hydrogen-bond donors (Lipinski definition) is 1. The van der Waals surface area contributed by atoms with Crippen LogP contribution in [0.5, 0.6) is 0 Å². The maximum absolute atomic E-state index is 4.87. The fourth-order valence-corrected chi connectivity index (χ4v) is 3.55. The van der Waals surface area contributed by atoms with E-state index in [1.54, 1.807) is 11.3 Å². The fourth-order valence-electron chi connectivity index (χ4n) is 2.84. The minimum absolute atomic E-state index is 0.931. The molecule has 0 aliphatic carbocycles. The quantitative estimate of drug-likeness (QED) is 0.796. The Morgan fingerprint density at radius 2 is 2.10 bits per heavy atom. The van der Waals surface area contributed by atoms with Crippen molar-refractivity contribution in [2.75, 3.05) is 11.9 Å². The number of anilines is 1. The van der Waals surface area contributed by atoms with E-state index in [4.69, 9.17) is 5.10 Å². The second-order valence-electron chi connectivity index (χ2n) is 5.45. The number of nitrogens with one attached hydrogen (secondary N) is 1. The number of nitrogens with zero attached hydrogens (tertiary/aromatic N) is 2. The van der Waals surface area contributed by atoms with Crippen LogP contribution in [0.25, 0.3) is 5.69 Å². The van der Waals surface area contributed by atoms with Gasteiger partial charge in [0.15, 0.2) is 0 Å². The standard InChI is InChI=1S/C17H17N3S/c1-12-4-6-13(7-5-12)20-17-15(8-9-18-17)16(19-20)11-14-3-2-10-21-14/h2-7,10,18H,8-9,11H2,1H3. The van der Waals surface area contributed by atoms with Crippen LogP contribution in [0.1, 0.15) is 21.7 Å². The van der Waals surface area contributed by atoms with Gasteiger partial charge in [-0.2, -0.15) is 5.10 Å². The lowest BCUT2D eigenvalue weighted by Crippen LogP contribution is -2.05. The van der Waals surface area contributed by atoms with Gasteiger partial charge in [0, 0.05) is 23.4 Å². The van der Waals surface area contributed by atoms with Gasteiger partial charge < -0.3 is 5.32 Å². The predicted molar refractivity (Wildman–Crippen MR) is 87.6 cm³/mol. The van der Waals surface area contributed by atoms with E-state index in [-0.39, 0.29) is 0 Å². The molecule has 0 bridgehead atoms. The third kappa shape index (κ3) is 2.25. The van der Waals surface area contributed by atoms with E-state index in [9.17, 15) is 0 Å². The van der Waals surface area contributed by atoms with Crippen LogP contribution < -0.4 is 5.32 Å². The predicted octanol–water partition coefficient (Wildman–Crippen LogP) is 3.80. The van der Waals surface area contributed by atoms with Crippen molar-refractivity contribution in [3.8, 4) is 5.69 Å². The first-order valence-corrected chi connectivity index (χ1v) is 8.13. The average molecular weight is 295 g/mol. The highest BCUT2D eigenvalue weighted by molar-refractivity contribution is 7.09. The second-order valence-corrected chi connectivity index (χ2v) is 6.49. The molecule has 1 aliphatic heterocycles. The molecule has 0 unspecified atom stereocenters. The number of hydrogen-bond acceptors (Lipinski definition) is 3. The Labute approximate surface area is 128 Å². The van der Waals surface area contributed by atoms with Crippen LogP contribution in [0, 0.1) is 6.92 Å². The Bertz CT molecular complexity index is 754. The normalized spacial score (nSPS) is 13.2. The van der Waals surface area contributed by atoms with Crippen molar-refractivity contribution in [1.29, 1.82) is 0 Å². The van der Waals surface area contributed by atoms with Crippen molar-refractivity contribution in [1.82, 2.24) is 9.78 Å². The molecule has 1 N–H and O–H groups in total. The van der Waals surface area contributed by atoms with E-state index in [0.717, 1.165) is 25.1 Å². The van der Waals surface area contributed by atoms with E-state index in [1.165, 1.54) is 27.5 Å². The van der Waals surface area contributed by atoms with E-state index in [1.807, 2.05) is 0 Å². The fraction of sp³-hybridized carbons (Fsp3) is 0.235. The molecule has 4 heteroatoms. The first-order valence-electron chi connectivity index (χ1n) is 7.25. The minimum atomic E-state index is 0.931. The second kappa shape index (κ2) is 5.04.